The molecule has 6 nitrogen and oxygen atoms in total. The van der Waals surface area contributed by atoms with E-state index in [4.69, 9.17) is 43.4 Å². The van der Waals surface area contributed by atoms with Crippen LogP contribution >= 0.6 is 35.6 Å². The van der Waals surface area contributed by atoms with Crippen molar-refractivity contribution in [3.63, 3.8) is 0 Å². The Morgan fingerprint density at radius 3 is 2.43 bits per heavy atom. The highest BCUT2D eigenvalue weighted by molar-refractivity contribution is 6.18. The highest BCUT2D eigenvalue weighted by Crippen LogP contribution is 2.37. The van der Waals surface area contributed by atoms with E-state index < -0.39 is 0 Å². The van der Waals surface area contributed by atoms with E-state index in [-0.39, 0.29) is 12.4 Å². The molecular formula is C26H29Cl3N4O2. The second-order valence-electron chi connectivity index (χ2n) is 7.84. The summed E-state index contributed by atoms with van der Waals surface area (Å²) in [5.74, 6) is 2.53. The molecule has 0 aliphatic heterocycles. The first-order chi connectivity index (χ1) is 16.6. The largest absolute Gasteiger partial charge is 0.497 e. The number of hydrogen-bond donors (Lipinski definition) is 2. The first-order valence-electron chi connectivity index (χ1n) is 11.1. The van der Waals surface area contributed by atoms with Crippen LogP contribution in [0.2, 0.25) is 0 Å². The smallest absolute Gasteiger partial charge is 0.145 e. The highest BCUT2D eigenvalue weighted by atomic mass is 35.5. The van der Waals surface area contributed by atoms with Crippen molar-refractivity contribution in [2.75, 3.05) is 56.2 Å². The molecule has 3 aromatic carbocycles. The lowest BCUT2D eigenvalue weighted by atomic mass is 10.1. The van der Waals surface area contributed by atoms with Gasteiger partial charge in [-0.3, -0.25) is 4.90 Å². The molecule has 3 N–H and O–H groups in total. The third-order valence-electron chi connectivity index (χ3n) is 5.57. The normalized spacial score (nSPS) is 11.0. The molecule has 9 heteroatoms. The number of nitrogen functional groups attached to an aromatic ring is 1. The lowest BCUT2D eigenvalue weighted by Crippen LogP contribution is -2.32. The average molecular weight is 536 g/mol. The summed E-state index contributed by atoms with van der Waals surface area (Å²) in [6.07, 6.45) is 0. The molecule has 0 saturated heterocycles. The van der Waals surface area contributed by atoms with Gasteiger partial charge in [-0.15, -0.1) is 35.6 Å². The maximum Gasteiger partial charge on any atom is 0.145 e. The van der Waals surface area contributed by atoms with E-state index >= 15 is 0 Å². The van der Waals surface area contributed by atoms with Crippen LogP contribution in [0.4, 0.5) is 17.1 Å². The molecule has 0 aliphatic rings. The van der Waals surface area contributed by atoms with Crippen molar-refractivity contribution >= 4 is 74.5 Å². The Labute approximate surface area is 221 Å². The Bertz CT molecular complexity index is 1270. The number of fused-ring (bicyclic) bond motifs is 2. The number of methoxy groups -OCH3 is 1. The second kappa shape index (κ2) is 12.9. The first kappa shape index (κ1) is 27.0. The molecule has 0 unspecified atom stereocenters. The third kappa shape index (κ3) is 6.53. The lowest BCUT2D eigenvalue weighted by molar-refractivity contribution is 0.226. The van der Waals surface area contributed by atoms with Crippen LogP contribution in [0.5, 0.6) is 11.5 Å². The number of nitrogens with one attached hydrogen (secondary N) is 1. The number of halogens is 3. The fourth-order valence-corrected chi connectivity index (χ4v) is 4.43. The van der Waals surface area contributed by atoms with Gasteiger partial charge in [-0.1, -0.05) is 30.3 Å². The van der Waals surface area contributed by atoms with Gasteiger partial charge in [0.25, 0.3) is 0 Å². The number of nitrogens with two attached hydrogens (primary N) is 1. The van der Waals surface area contributed by atoms with Crippen LogP contribution < -0.4 is 20.5 Å². The van der Waals surface area contributed by atoms with Gasteiger partial charge in [0.2, 0.25) is 0 Å². The molecule has 0 radical (unpaired) electrons. The Kier molecular flexibility index (Phi) is 9.93. The number of pyridine rings is 1. The van der Waals surface area contributed by atoms with Gasteiger partial charge in [-0.05, 0) is 18.2 Å². The van der Waals surface area contributed by atoms with E-state index in [1.807, 2.05) is 48.5 Å². The van der Waals surface area contributed by atoms with E-state index in [1.54, 1.807) is 13.2 Å². The van der Waals surface area contributed by atoms with Gasteiger partial charge < -0.3 is 20.5 Å². The Morgan fingerprint density at radius 1 is 0.943 bits per heavy atom. The van der Waals surface area contributed by atoms with Gasteiger partial charge in [0.1, 0.15) is 23.6 Å². The second-order valence-corrected chi connectivity index (χ2v) is 8.60. The molecule has 4 aromatic rings. The number of ether oxygens (including phenoxy) is 2. The zero-order valence-corrected chi connectivity index (χ0v) is 21.8. The van der Waals surface area contributed by atoms with Gasteiger partial charge in [0, 0.05) is 65.7 Å². The van der Waals surface area contributed by atoms with Crippen LogP contribution in [0, 0.1) is 0 Å². The molecule has 1 aromatic heterocycles. The van der Waals surface area contributed by atoms with E-state index in [0.717, 1.165) is 58.6 Å². The van der Waals surface area contributed by atoms with Crippen LogP contribution in [0.1, 0.15) is 0 Å². The summed E-state index contributed by atoms with van der Waals surface area (Å²) in [6.45, 7) is 2.79. The number of alkyl halides is 2. The third-order valence-corrected chi connectivity index (χ3v) is 5.91. The summed E-state index contributed by atoms with van der Waals surface area (Å²) < 4.78 is 11.6. The molecule has 4 rings (SSSR count). The minimum Gasteiger partial charge on any atom is -0.497 e. The zero-order valence-electron chi connectivity index (χ0n) is 19.5. The molecule has 0 atom stereocenters. The summed E-state index contributed by atoms with van der Waals surface area (Å²) in [5.41, 5.74) is 10.1. The number of benzene rings is 3. The van der Waals surface area contributed by atoms with Crippen molar-refractivity contribution in [3.8, 4) is 11.5 Å². The number of nitrogens with zero attached hydrogens (tertiary/aromatic N) is 2. The molecule has 0 aliphatic carbocycles. The van der Waals surface area contributed by atoms with Gasteiger partial charge in [-0.2, -0.15) is 0 Å². The molecule has 0 bridgehead atoms. The van der Waals surface area contributed by atoms with Crippen molar-refractivity contribution in [2.45, 2.75) is 0 Å². The number of aromatic nitrogens is 1. The van der Waals surface area contributed by atoms with E-state index in [0.29, 0.717) is 29.8 Å². The molecule has 0 fully saturated rings. The Balaban J connectivity index is 0.00000342. The van der Waals surface area contributed by atoms with Crippen molar-refractivity contribution in [1.82, 2.24) is 9.88 Å². The fourth-order valence-electron chi connectivity index (χ4n) is 3.95. The van der Waals surface area contributed by atoms with Crippen LogP contribution in [0.25, 0.3) is 21.8 Å². The standard InChI is InChI=1S/C26H28Cl2N4O2.ClH/c1-33-20-16-18(29)15-19(17-20)30-25-21-5-2-3-7-23(21)31-26-22(25)6-4-8-24(26)34-14-13-32(11-9-27)12-10-28;/h2-8,15-17H,9-14,29H2,1H3,(H,30,31);1H. The van der Waals surface area contributed by atoms with Gasteiger partial charge >= 0.3 is 0 Å². The average Bonchev–Trinajstić information content (AvgIpc) is 2.84. The summed E-state index contributed by atoms with van der Waals surface area (Å²) in [5, 5.41) is 5.51. The molecular weight excluding hydrogens is 507 g/mol. The first-order valence-corrected chi connectivity index (χ1v) is 12.2. The number of anilines is 3. The lowest BCUT2D eigenvalue weighted by Gasteiger charge is -2.20. The van der Waals surface area contributed by atoms with Gasteiger partial charge in [0.15, 0.2) is 0 Å². The molecule has 0 amide bonds. The van der Waals surface area contributed by atoms with E-state index in [9.17, 15) is 0 Å². The maximum absolute atomic E-state index is 6.19. The van der Waals surface area contributed by atoms with Gasteiger partial charge in [0.05, 0.1) is 18.3 Å². The number of para-hydroxylation sites is 2. The van der Waals surface area contributed by atoms with Crippen molar-refractivity contribution in [2.24, 2.45) is 0 Å². The van der Waals surface area contributed by atoms with Crippen LogP contribution in [-0.2, 0) is 0 Å². The van der Waals surface area contributed by atoms with Gasteiger partial charge in [-0.25, -0.2) is 4.98 Å². The summed E-state index contributed by atoms with van der Waals surface area (Å²) in [4.78, 5) is 7.12. The summed E-state index contributed by atoms with van der Waals surface area (Å²) in [7, 11) is 1.63. The quantitative estimate of drug-likeness (QED) is 0.133. The molecule has 35 heavy (non-hydrogen) atoms. The SMILES string of the molecule is COc1cc(N)cc(Nc2c3ccccc3nc3c(OCCN(CCCl)CCCl)cccc23)c1.Cl. The molecule has 0 spiro atoms. The highest BCUT2D eigenvalue weighted by Gasteiger charge is 2.14. The summed E-state index contributed by atoms with van der Waals surface area (Å²) >= 11 is 11.8. The van der Waals surface area contributed by atoms with Crippen LogP contribution in [0.3, 0.4) is 0 Å². The minimum absolute atomic E-state index is 0. The fraction of sp³-hybridized carbons (Fsp3) is 0.269. The maximum atomic E-state index is 6.19. The van der Waals surface area contributed by atoms with Crippen molar-refractivity contribution < 1.29 is 9.47 Å². The molecule has 0 saturated carbocycles. The van der Waals surface area contributed by atoms with Crippen LogP contribution in [0.15, 0.2) is 60.7 Å². The van der Waals surface area contributed by atoms with E-state index in [1.165, 1.54) is 0 Å². The Hall–Kier alpha value is -2.64. The van der Waals surface area contributed by atoms with Crippen molar-refractivity contribution in [1.29, 1.82) is 0 Å². The number of hydrogen-bond acceptors (Lipinski definition) is 6. The minimum atomic E-state index is 0. The Morgan fingerprint density at radius 2 is 1.69 bits per heavy atom. The zero-order chi connectivity index (χ0) is 23.9. The predicted octanol–water partition coefficient (Wildman–Crippen LogP) is 6.30. The monoisotopic (exact) mass is 534 g/mol. The van der Waals surface area contributed by atoms with E-state index in [2.05, 4.69) is 16.3 Å². The van der Waals surface area contributed by atoms with Crippen molar-refractivity contribution in [3.05, 3.63) is 60.7 Å². The molecule has 1 heterocycles. The molecule has 186 valence electrons. The van der Waals surface area contributed by atoms with Crippen LogP contribution in [-0.4, -0.2) is 55.0 Å². The summed E-state index contributed by atoms with van der Waals surface area (Å²) in [6, 6.07) is 19.6. The predicted molar refractivity (Wildman–Crippen MR) is 151 cm³/mol. The topological polar surface area (TPSA) is 72.6 Å². The number of rotatable bonds is 11.